The summed E-state index contributed by atoms with van der Waals surface area (Å²) in [6.07, 6.45) is 1.25. The number of halogens is 1. The molecule has 82 valence electrons. The average Bonchev–Trinajstić information content (AvgIpc) is 2.17. The molecule has 0 spiro atoms. The Balaban J connectivity index is 0. The first-order valence-corrected chi connectivity index (χ1v) is 5.34. The lowest BCUT2D eigenvalue weighted by Gasteiger charge is -1.95. The maximum absolute atomic E-state index is 12.5. The van der Waals surface area contributed by atoms with Crippen LogP contribution >= 0.6 is 0 Å². The zero-order valence-corrected chi connectivity index (χ0v) is 10.3. The minimum atomic E-state index is -0.124. The van der Waals surface area contributed by atoms with Crippen molar-refractivity contribution in [3.63, 3.8) is 0 Å². The molecule has 1 aromatic carbocycles. The van der Waals surface area contributed by atoms with E-state index < -0.39 is 0 Å². The van der Waals surface area contributed by atoms with Gasteiger partial charge in [-0.1, -0.05) is 51.8 Å². The normalized spacial score (nSPS) is 7.93. The fraction of sp³-hybridized carbons (Fsp3) is 0.538. The summed E-state index contributed by atoms with van der Waals surface area (Å²) in [6, 6.07) is 5.09. The van der Waals surface area contributed by atoms with Crippen molar-refractivity contribution in [1.82, 2.24) is 0 Å². The van der Waals surface area contributed by atoms with E-state index in [2.05, 4.69) is 13.8 Å². The van der Waals surface area contributed by atoms with Crippen molar-refractivity contribution in [2.75, 3.05) is 0 Å². The monoisotopic (exact) mass is 198 g/mol. The van der Waals surface area contributed by atoms with Crippen molar-refractivity contribution in [2.24, 2.45) is 0 Å². The molecule has 1 heteroatoms. The highest BCUT2D eigenvalue weighted by molar-refractivity contribution is 5.22. The topological polar surface area (TPSA) is 0 Å². The SMILES string of the molecule is CC.CCC.Cc1ccc(F)c(C)c1. The summed E-state index contributed by atoms with van der Waals surface area (Å²) in [6.45, 7) is 12.0. The number of benzene rings is 1. The minimum Gasteiger partial charge on any atom is -0.207 e. The van der Waals surface area contributed by atoms with Crippen molar-refractivity contribution in [3.8, 4) is 0 Å². The predicted octanol–water partition coefficient (Wildman–Crippen LogP) is 4.89. The molecular formula is C13H23F. The van der Waals surface area contributed by atoms with E-state index in [1.807, 2.05) is 26.8 Å². The quantitative estimate of drug-likeness (QED) is 0.557. The molecule has 0 saturated heterocycles. The lowest BCUT2D eigenvalue weighted by atomic mass is 10.1. The molecule has 1 aromatic rings. The van der Waals surface area contributed by atoms with Crippen molar-refractivity contribution in [1.29, 1.82) is 0 Å². The van der Waals surface area contributed by atoms with Gasteiger partial charge in [-0.15, -0.1) is 0 Å². The van der Waals surface area contributed by atoms with Crippen LogP contribution in [0.15, 0.2) is 18.2 Å². The summed E-state index contributed by atoms with van der Waals surface area (Å²) < 4.78 is 12.5. The van der Waals surface area contributed by atoms with Crippen molar-refractivity contribution < 1.29 is 4.39 Å². The van der Waals surface area contributed by atoms with Gasteiger partial charge in [-0.3, -0.25) is 0 Å². The highest BCUT2D eigenvalue weighted by Gasteiger charge is 1.93. The summed E-state index contributed by atoms with van der Waals surface area (Å²) in [4.78, 5) is 0. The van der Waals surface area contributed by atoms with E-state index in [4.69, 9.17) is 0 Å². The summed E-state index contributed by atoms with van der Waals surface area (Å²) in [5, 5.41) is 0. The summed E-state index contributed by atoms with van der Waals surface area (Å²) in [5.41, 5.74) is 1.82. The summed E-state index contributed by atoms with van der Waals surface area (Å²) >= 11 is 0. The standard InChI is InChI=1S/C8H9F.C3H8.C2H6/c1-6-3-4-8(9)7(2)5-6;1-3-2;1-2/h3-5H,1-2H3;3H2,1-2H3;1-2H3. The van der Waals surface area contributed by atoms with Crippen LogP contribution in [0.2, 0.25) is 0 Å². The minimum absolute atomic E-state index is 0.124. The van der Waals surface area contributed by atoms with E-state index in [1.165, 1.54) is 12.5 Å². The second-order valence-corrected chi connectivity index (χ2v) is 2.96. The number of rotatable bonds is 0. The zero-order valence-electron chi connectivity index (χ0n) is 10.3. The molecule has 1 rings (SSSR count). The Labute approximate surface area is 88.2 Å². The van der Waals surface area contributed by atoms with E-state index in [0.717, 1.165) is 11.1 Å². The predicted molar refractivity (Wildman–Crippen MR) is 63.2 cm³/mol. The first-order valence-electron chi connectivity index (χ1n) is 5.34. The fourth-order valence-corrected chi connectivity index (χ4v) is 0.795. The second-order valence-electron chi connectivity index (χ2n) is 2.96. The Kier molecular flexibility index (Phi) is 11.4. The van der Waals surface area contributed by atoms with Crippen LogP contribution < -0.4 is 0 Å². The third-order valence-corrected chi connectivity index (χ3v) is 1.31. The van der Waals surface area contributed by atoms with Crippen LogP contribution in [0, 0.1) is 19.7 Å². The molecule has 0 N–H and O–H groups in total. The molecular weight excluding hydrogens is 175 g/mol. The first kappa shape index (κ1) is 15.6. The van der Waals surface area contributed by atoms with Crippen molar-refractivity contribution in [3.05, 3.63) is 35.1 Å². The van der Waals surface area contributed by atoms with Crippen LogP contribution in [-0.2, 0) is 0 Å². The Morgan fingerprint density at radius 2 is 1.50 bits per heavy atom. The van der Waals surface area contributed by atoms with Crippen molar-refractivity contribution in [2.45, 2.75) is 48.0 Å². The lowest BCUT2D eigenvalue weighted by molar-refractivity contribution is 0.618. The Morgan fingerprint density at radius 1 is 1.07 bits per heavy atom. The van der Waals surface area contributed by atoms with Gasteiger partial charge < -0.3 is 0 Å². The van der Waals surface area contributed by atoms with Crippen LogP contribution in [0.25, 0.3) is 0 Å². The molecule has 0 aliphatic heterocycles. The molecule has 0 atom stereocenters. The largest absolute Gasteiger partial charge is 0.207 e. The Morgan fingerprint density at radius 3 is 1.79 bits per heavy atom. The van der Waals surface area contributed by atoms with Crippen LogP contribution in [-0.4, -0.2) is 0 Å². The molecule has 0 aliphatic carbocycles. The Hall–Kier alpha value is -0.850. The number of hydrogen-bond donors (Lipinski definition) is 0. The van der Waals surface area contributed by atoms with Gasteiger partial charge in [-0.2, -0.15) is 0 Å². The average molecular weight is 198 g/mol. The highest BCUT2D eigenvalue weighted by atomic mass is 19.1. The molecule has 0 saturated carbocycles. The van der Waals surface area contributed by atoms with Gasteiger partial charge in [-0.25, -0.2) is 4.39 Å². The molecule has 0 amide bonds. The molecule has 0 bridgehead atoms. The van der Waals surface area contributed by atoms with Crippen LogP contribution in [0.3, 0.4) is 0 Å². The fourth-order valence-electron chi connectivity index (χ4n) is 0.795. The van der Waals surface area contributed by atoms with Gasteiger partial charge in [-0.05, 0) is 25.5 Å². The second kappa shape index (κ2) is 10.2. The van der Waals surface area contributed by atoms with Crippen molar-refractivity contribution >= 4 is 0 Å². The van der Waals surface area contributed by atoms with Crippen LogP contribution in [0.4, 0.5) is 4.39 Å². The molecule has 0 radical (unpaired) electrons. The molecule has 0 unspecified atom stereocenters. The van der Waals surface area contributed by atoms with E-state index in [0.29, 0.717) is 0 Å². The van der Waals surface area contributed by atoms with Gasteiger partial charge >= 0.3 is 0 Å². The molecule has 0 heterocycles. The van der Waals surface area contributed by atoms with Gasteiger partial charge in [0.05, 0.1) is 0 Å². The van der Waals surface area contributed by atoms with E-state index in [1.54, 1.807) is 13.0 Å². The smallest absolute Gasteiger partial charge is 0.126 e. The molecule has 0 aromatic heterocycles. The maximum Gasteiger partial charge on any atom is 0.126 e. The third kappa shape index (κ3) is 7.78. The number of aryl methyl sites for hydroxylation is 2. The van der Waals surface area contributed by atoms with Gasteiger partial charge in [0.25, 0.3) is 0 Å². The zero-order chi connectivity index (χ0) is 11.6. The van der Waals surface area contributed by atoms with Gasteiger partial charge in [0.1, 0.15) is 5.82 Å². The van der Waals surface area contributed by atoms with Crippen LogP contribution in [0.1, 0.15) is 45.2 Å². The van der Waals surface area contributed by atoms with Crippen LogP contribution in [0.5, 0.6) is 0 Å². The highest BCUT2D eigenvalue weighted by Crippen LogP contribution is 2.06. The first-order chi connectivity index (χ1) is 6.61. The molecule has 0 fully saturated rings. The third-order valence-electron chi connectivity index (χ3n) is 1.31. The Bertz CT molecular complexity index is 229. The number of hydrogen-bond acceptors (Lipinski definition) is 0. The van der Waals surface area contributed by atoms with E-state index in [9.17, 15) is 4.39 Å². The summed E-state index contributed by atoms with van der Waals surface area (Å²) in [5.74, 6) is -0.124. The summed E-state index contributed by atoms with van der Waals surface area (Å²) in [7, 11) is 0. The lowest BCUT2D eigenvalue weighted by Crippen LogP contribution is -1.81. The van der Waals surface area contributed by atoms with Gasteiger partial charge in [0, 0.05) is 0 Å². The maximum atomic E-state index is 12.5. The van der Waals surface area contributed by atoms with Gasteiger partial charge in [0.2, 0.25) is 0 Å². The van der Waals surface area contributed by atoms with E-state index >= 15 is 0 Å². The molecule has 0 nitrogen and oxygen atoms in total. The molecule has 0 aliphatic rings. The van der Waals surface area contributed by atoms with Gasteiger partial charge in [0.15, 0.2) is 0 Å². The van der Waals surface area contributed by atoms with E-state index in [-0.39, 0.29) is 5.82 Å². The molecule has 14 heavy (non-hydrogen) atoms.